The summed E-state index contributed by atoms with van der Waals surface area (Å²) in [7, 11) is 0. The molecular weight excluding hydrogens is 360 g/mol. The molecule has 1 heterocycles. The van der Waals surface area contributed by atoms with Crippen LogP contribution < -0.4 is 10.2 Å². The van der Waals surface area contributed by atoms with Crippen molar-refractivity contribution in [1.29, 1.82) is 0 Å². The molecule has 0 aliphatic heterocycles. The predicted molar refractivity (Wildman–Crippen MR) is 110 cm³/mol. The minimum atomic E-state index is -0.866. The molecule has 1 atom stereocenters. The number of nitrogens with one attached hydrogen (secondary N) is 2. The van der Waals surface area contributed by atoms with Crippen molar-refractivity contribution in [2.45, 2.75) is 19.9 Å². The first kappa shape index (κ1) is 18.7. The maximum Gasteiger partial charge on any atom is 0.326 e. The highest BCUT2D eigenvalue weighted by Crippen LogP contribution is 2.19. The molecule has 0 bridgehead atoms. The molecule has 0 radical (unpaired) electrons. The molecule has 0 amide bonds. The lowest BCUT2D eigenvalue weighted by molar-refractivity contribution is -0.138. The lowest BCUT2D eigenvalue weighted by Crippen LogP contribution is -2.42. The van der Waals surface area contributed by atoms with Crippen LogP contribution in [0.25, 0.3) is 5.69 Å². The Morgan fingerprint density at radius 1 is 1.22 bits per heavy atom. The molecule has 3 aromatic rings. The van der Waals surface area contributed by atoms with Crippen molar-refractivity contribution in [3.63, 3.8) is 0 Å². The molecule has 3 rings (SSSR count). The molecule has 0 aliphatic carbocycles. The summed E-state index contributed by atoms with van der Waals surface area (Å²) < 4.78 is 2.51. The molecule has 0 saturated heterocycles. The van der Waals surface area contributed by atoms with Crippen LogP contribution in [0.2, 0.25) is 0 Å². The molecular formula is C20H22N4O2S. The Hall–Kier alpha value is -3.06. The van der Waals surface area contributed by atoms with E-state index in [1.165, 1.54) is 0 Å². The smallest absolute Gasteiger partial charge is 0.326 e. The Morgan fingerprint density at radius 3 is 2.44 bits per heavy atom. The van der Waals surface area contributed by atoms with Crippen LogP contribution in [0.1, 0.15) is 12.5 Å². The van der Waals surface area contributed by atoms with Crippen LogP contribution in [0.5, 0.6) is 0 Å². The zero-order chi connectivity index (χ0) is 19.4. The van der Waals surface area contributed by atoms with Crippen LogP contribution in [0.15, 0.2) is 60.9 Å². The Bertz CT molecular complexity index is 961. The van der Waals surface area contributed by atoms with E-state index in [2.05, 4.69) is 10.3 Å². The average molecular weight is 382 g/mol. The van der Waals surface area contributed by atoms with Crippen LogP contribution in [-0.4, -0.2) is 33.3 Å². The van der Waals surface area contributed by atoms with Crippen molar-refractivity contribution >= 4 is 29.6 Å². The van der Waals surface area contributed by atoms with Crippen LogP contribution in [0.4, 0.5) is 11.4 Å². The standard InChI is InChI=1S/C20H22N4O2S/c1-14-3-7-18(8-4-14)24(15(2)19(25)26)13-22-16-5-9-17(10-6-16)23-12-11-21-20(23)27/h3-12,15,22H,13H2,1-2H3,(H,21,27)(H,25,26). The van der Waals surface area contributed by atoms with Gasteiger partial charge in [0.1, 0.15) is 6.04 Å². The number of H-pyrrole nitrogens is 1. The van der Waals surface area contributed by atoms with E-state index in [1.54, 1.807) is 13.1 Å². The molecule has 0 spiro atoms. The van der Waals surface area contributed by atoms with Gasteiger partial charge in [-0.3, -0.25) is 4.57 Å². The van der Waals surface area contributed by atoms with E-state index in [1.807, 2.05) is 71.1 Å². The number of carboxylic acid groups (broad SMARTS) is 1. The van der Waals surface area contributed by atoms with E-state index in [-0.39, 0.29) is 0 Å². The topological polar surface area (TPSA) is 73.3 Å². The second-order valence-corrected chi connectivity index (χ2v) is 6.72. The summed E-state index contributed by atoms with van der Waals surface area (Å²) in [5.74, 6) is -0.866. The van der Waals surface area contributed by atoms with Gasteiger partial charge in [-0.15, -0.1) is 0 Å². The van der Waals surface area contributed by atoms with Crippen LogP contribution in [-0.2, 0) is 4.79 Å². The van der Waals surface area contributed by atoms with Crippen LogP contribution in [0, 0.1) is 11.7 Å². The molecule has 3 N–H and O–H groups in total. The van der Waals surface area contributed by atoms with Gasteiger partial charge in [0.2, 0.25) is 0 Å². The molecule has 0 fully saturated rings. The highest BCUT2D eigenvalue weighted by molar-refractivity contribution is 7.71. The number of imidazole rings is 1. The number of aromatic nitrogens is 2. The van der Waals surface area contributed by atoms with E-state index in [9.17, 15) is 9.90 Å². The zero-order valence-corrected chi connectivity index (χ0v) is 16.0. The summed E-state index contributed by atoms with van der Waals surface area (Å²) in [6.07, 6.45) is 3.67. The number of carbonyl (C=O) groups is 1. The number of rotatable bonds is 7. The van der Waals surface area contributed by atoms with Gasteiger partial charge in [-0.1, -0.05) is 17.7 Å². The molecule has 140 valence electrons. The van der Waals surface area contributed by atoms with Crippen LogP contribution >= 0.6 is 12.2 Å². The molecule has 1 aromatic heterocycles. The number of aromatic amines is 1. The van der Waals surface area contributed by atoms with Gasteiger partial charge in [0.05, 0.1) is 6.67 Å². The lowest BCUT2D eigenvalue weighted by Gasteiger charge is -2.29. The Balaban J connectivity index is 1.75. The van der Waals surface area contributed by atoms with E-state index >= 15 is 0 Å². The third-order valence-corrected chi connectivity index (χ3v) is 4.75. The summed E-state index contributed by atoms with van der Waals surface area (Å²) in [6, 6.07) is 15.0. The van der Waals surface area contributed by atoms with Crippen molar-refractivity contribution < 1.29 is 9.90 Å². The first-order chi connectivity index (χ1) is 13.0. The van der Waals surface area contributed by atoms with E-state index in [0.29, 0.717) is 11.4 Å². The van der Waals surface area contributed by atoms with Gasteiger partial charge in [0, 0.05) is 29.5 Å². The highest BCUT2D eigenvalue weighted by Gasteiger charge is 2.20. The Labute approximate surface area is 163 Å². The SMILES string of the molecule is Cc1ccc(N(CNc2ccc(-n3cc[nH]c3=S)cc2)C(C)C(=O)O)cc1. The number of aryl methyl sites for hydroxylation is 1. The monoisotopic (exact) mass is 382 g/mol. The van der Waals surface area contributed by atoms with E-state index in [0.717, 1.165) is 22.6 Å². The average Bonchev–Trinajstić information content (AvgIpc) is 3.09. The zero-order valence-electron chi connectivity index (χ0n) is 15.2. The first-order valence-electron chi connectivity index (χ1n) is 8.62. The second kappa shape index (κ2) is 8.09. The van der Waals surface area contributed by atoms with Gasteiger partial charge in [0.15, 0.2) is 4.77 Å². The highest BCUT2D eigenvalue weighted by atomic mass is 32.1. The van der Waals surface area contributed by atoms with Gasteiger partial charge in [-0.2, -0.15) is 0 Å². The molecule has 1 unspecified atom stereocenters. The largest absolute Gasteiger partial charge is 0.480 e. The number of hydrogen-bond donors (Lipinski definition) is 3. The summed E-state index contributed by atoms with van der Waals surface area (Å²) in [5.41, 5.74) is 3.85. The van der Waals surface area contributed by atoms with E-state index < -0.39 is 12.0 Å². The predicted octanol–water partition coefficient (Wildman–Crippen LogP) is 4.19. The fourth-order valence-corrected chi connectivity index (χ4v) is 3.00. The molecule has 6 nitrogen and oxygen atoms in total. The van der Waals surface area contributed by atoms with Crippen molar-refractivity contribution in [3.05, 3.63) is 71.3 Å². The number of carboxylic acids is 1. The van der Waals surface area contributed by atoms with Crippen molar-refractivity contribution in [3.8, 4) is 5.69 Å². The quantitative estimate of drug-likeness (QED) is 0.422. The Kier molecular flexibility index (Phi) is 5.61. The number of nitrogens with zero attached hydrogens (tertiary/aromatic N) is 2. The normalized spacial score (nSPS) is 11.8. The van der Waals surface area contributed by atoms with Gasteiger partial charge < -0.3 is 20.3 Å². The number of anilines is 2. The molecule has 2 aromatic carbocycles. The molecule has 0 saturated carbocycles. The maximum absolute atomic E-state index is 11.5. The van der Waals surface area contributed by atoms with Gasteiger partial charge >= 0.3 is 5.97 Å². The number of aliphatic carboxylic acids is 1. The van der Waals surface area contributed by atoms with Gasteiger partial charge in [-0.25, -0.2) is 4.79 Å². The summed E-state index contributed by atoms with van der Waals surface area (Å²) >= 11 is 5.23. The molecule has 7 heteroatoms. The third-order valence-electron chi connectivity index (χ3n) is 4.44. The van der Waals surface area contributed by atoms with Crippen LogP contribution in [0.3, 0.4) is 0 Å². The molecule has 0 aliphatic rings. The third kappa shape index (κ3) is 4.38. The molecule has 27 heavy (non-hydrogen) atoms. The van der Waals surface area contributed by atoms with E-state index in [4.69, 9.17) is 12.2 Å². The summed E-state index contributed by atoms with van der Waals surface area (Å²) in [4.78, 5) is 16.3. The Morgan fingerprint density at radius 2 is 1.89 bits per heavy atom. The summed E-state index contributed by atoms with van der Waals surface area (Å²) in [6.45, 7) is 4.06. The minimum absolute atomic E-state index is 0.374. The maximum atomic E-state index is 11.5. The van der Waals surface area contributed by atoms with Crippen molar-refractivity contribution in [1.82, 2.24) is 9.55 Å². The summed E-state index contributed by atoms with van der Waals surface area (Å²) in [5, 5.41) is 12.7. The minimum Gasteiger partial charge on any atom is -0.480 e. The van der Waals surface area contributed by atoms with Crippen molar-refractivity contribution in [2.75, 3.05) is 16.9 Å². The number of hydrogen-bond acceptors (Lipinski definition) is 4. The fourth-order valence-electron chi connectivity index (χ4n) is 2.76. The van der Waals surface area contributed by atoms with Gasteiger partial charge in [-0.05, 0) is 62.5 Å². The van der Waals surface area contributed by atoms with Gasteiger partial charge in [0.25, 0.3) is 0 Å². The first-order valence-corrected chi connectivity index (χ1v) is 9.03. The van der Waals surface area contributed by atoms with Crippen molar-refractivity contribution in [2.24, 2.45) is 0 Å². The lowest BCUT2D eigenvalue weighted by atomic mass is 10.2. The second-order valence-electron chi connectivity index (χ2n) is 6.34. The number of benzene rings is 2. The fraction of sp³-hybridized carbons (Fsp3) is 0.200.